The number of nitrogens with two attached hydrogens (primary N) is 1. The van der Waals surface area contributed by atoms with Crippen molar-refractivity contribution in [2.45, 2.75) is 32.1 Å². The van der Waals surface area contributed by atoms with Gasteiger partial charge in [0.25, 0.3) is 0 Å². The van der Waals surface area contributed by atoms with Crippen molar-refractivity contribution in [1.82, 2.24) is 9.97 Å². The summed E-state index contributed by atoms with van der Waals surface area (Å²) in [6.07, 6.45) is 5.60. The second-order valence-electron chi connectivity index (χ2n) is 3.69. The van der Waals surface area contributed by atoms with Crippen molar-refractivity contribution < 1.29 is 0 Å². The van der Waals surface area contributed by atoms with E-state index in [0.717, 1.165) is 25.0 Å². The second kappa shape index (κ2) is 4.19. The van der Waals surface area contributed by atoms with E-state index in [1.54, 1.807) is 0 Å². The van der Waals surface area contributed by atoms with Crippen molar-refractivity contribution in [3.05, 3.63) is 21.7 Å². The molecule has 1 aromatic rings. The average molecular weight is 209 g/mol. The predicted molar refractivity (Wildman–Crippen MR) is 58.8 cm³/mol. The Labute approximate surface area is 88.8 Å². The van der Waals surface area contributed by atoms with E-state index in [1.807, 2.05) is 0 Å². The summed E-state index contributed by atoms with van der Waals surface area (Å²) in [5.74, 6) is 0. The van der Waals surface area contributed by atoms with E-state index in [2.05, 4.69) is 9.97 Å². The van der Waals surface area contributed by atoms with Crippen LogP contribution >= 0.6 is 12.2 Å². The number of aromatic nitrogens is 2. The van der Waals surface area contributed by atoms with Gasteiger partial charge in [0, 0.05) is 17.8 Å². The number of hydrogen-bond donors (Lipinski definition) is 2. The smallest absolute Gasteiger partial charge is 0.197 e. The normalized spacial score (nSPS) is 15.2. The number of fused-ring (bicyclic) bond motifs is 1. The molecule has 1 aliphatic rings. The molecule has 0 fully saturated rings. The summed E-state index contributed by atoms with van der Waals surface area (Å²) in [6.45, 7) is 0.651. The molecule has 1 heterocycles. The summed E-state index contributed by atoms with van der Waals surface area (Å²) in [6, 6.07) is 0. The van der Waals surface area contributed by atoms with Gasteiger partial charge in [-0.3, -0.25) is 0 Å². The Morgan fingerprint density at radius 2 is 2.14 bits per heavy atom. The van der Waals surface area contributed by atoms with Crippen LogP contribution in [-0.4, -0.2) is 16.5 Å². The van der Waals surface area contributed by atoms with Crippen molar-refractivity contribution in [3.8, 4) is 0 Å². The van der Waals surface area contributed by atoms with Gasteiger partial charge in [0.2, 0.25) is 0 Å². The lowest BCUT2D eigenvalue weighted by Crippen LogP contribution is -2.14. The molecule has 2 rings (SSSR count). The van der Waals surface area contributed by atoms with Gasteiger partial charge >= 0.3 is 0 Å². The third-order valence-electron chi connectivity index (χ3n) is 2.69. The summed E-state index contributed by atoms with van der Waals surface area (Å²) >= 11 is 5.09. The summed E-state index contributed by atoms with van der Waals surface area (Å²) in [5, 5.41) is 0. The van der Waals surface area contributed by atoms with Crippen LogP contribution in [0.15, 0.2) is 0 Å². The van der Waals surface area contributed by atoms with Crippen LogP contribution in [0.25, 0.3) is 0 Å². The Morgan fingerprint density at radius 3 is 2.93 bits per heavy atom. The first kappa shape index (κ1) is 9.80. The number of H-pyrrole nitrogens is 1. The average Bonchev–Trinajstić information content (AvgIpc) is 2.18. The molecule has 0 radical (unpaired) electrons. The lowest BCUT2D eigenvalue weighted by atomic mass is 9.94. The fourth-order valence-electron chi connectivity index (χ4n) is 2.05. The quantitative estimate of drug-likeness (QED) is 0.726. The van der Waals surface area contributed by atoms with E-state index in [1.165, 1.54) is 24.1 Å². The Hall–Kier alpha value is -0.740. The molecular formula is C10H15N3S. The first-order chi connectivity index (χ1) is 6.81. The minimum absolute atomic E-state index is 0.606. The highest BCUT2D eigenvalue weighted by molar-refractivity contribution is 7.71. The molecule has 0 unspecified atom stereocenters. The van der Waals surface area contributed by atoms with Gasteiger partial charge in [0.05, 0.1) is 0 Å². The van der Waals surface area contributed by atoms with Crippen LogP contribution in [0.5, 0.6) is 0 Å². The van der Waals surface area contributed by atoms with Crippen LogP contribution < -0.4 is 5.73 Å². The first-order valence-electron chi connectivity index (χ1n) is 5.12. The lowest BCUT2D eigenvalue weighted by molar-refractivity contribution is 0.648. The molecule has 0 atom stereocenters. The fraction of sp³-hybridized carbons (Fsp3) is 0.600. The summed E-state index contributed by atoms with van der Waals surface area (Å²) in [5.41, 5.74) is 9.34. The van der Waals surface area contributed by atoms with Gasteiger partial charge < -0.3 is 10.7 Å². The molecule has 0 aliphatic heterocycles. The van der Waals surface area contributed by atoms with Gasteiger partial charge in [-0.1, -0.05) is 0 Å². The Bertz CT molecular complexity index is 383. The highest BCUT2D eigenvalue weighted by Crippen LogP contribution is 2.21. The number of rotatable bonds is 2. The Morgan fingerprint density at radius 1 is 1.36 bits per heavy atom. The molecule has 4 heteroatoms. The molecule has 0 saturated carbocycles. The van der Waals surface area contributed by atoms with E-state index in [9.17, 15) is 0 Å². The zero-order chi connectivity index (χ0) is 9.97. The molecule has 0 saturated heterocycles. The number of nitrogens with zero attached hydrogens (tertiary/aromatic N) is 1. The number of aryl methyl sites for hydroxylation is 1. The fourth-order valence-corrected chi connectivity index (χ4v) is 2.29. The zero-order valence-corrected chi connectivity index (χ0v) is 8.99. The maximum atomic E-state index is 5.56. The number of aromatic amines is 1. The largest absolute Gasteiger partial charge is 0.334 e. The van der Waals surface area contributed by atoms with Gasteiger partial charge in [-0.25, -0.2) is 4.98 Å². The highest BCUT2D eigenvalue weighted by Gasteiger charge is 2.14. The van der Waals surface area contributed by atoms with E-state index < -0.39 is 0 Å². The van der Waals surface area contributed by atoms with Crippen LogP contribution in [-0.2, 0) is 19.3 Å². The molecule has 14 heavy (non-hydrogen) atoms. The molecular weight excluding hydrogens is 194 g/mol. The molecule has 76 valence electrons. The van der Waals surface area contributed by atoms with Crippen LogP contribution in [0.1, 0.15) is 29.8 Å². The van der Waals surface area contributed by atoms with Crippen molar-refractivity contribution >= 4 is 12.2 Å². The van der Waals surface area contributed by atoms with E-state index in [4.69, 9.17) is 18.0 Å². The summed E-state index contributed by atoms with van der Waals surface area (Å²) < 4.78 is 0.606. The molecule has 0 aromatic carbocycles. The molecule has 3 nitrogen and oxygen atoms in total. The highest BCUT2D eigenvalue weighted by atomic mass is 32.1. The maximum Gasteiger partial charge on any atom is 0.197 e. The van der Waals surface area contributed by atoms with Crippen LogP contribution in [0.2, 0.25) is 0 Å². The topological polar surface area (TPSA) is 54.7 Å². The van der Waals surface area contributed by atoms with E-state index in [0.29, 0.717) is 11.3 Å². The SMILES string of the molecule is NCCc1nc(=S)[nH]c2c1CCCC2. The van der Waals surface area contributed by atoms with Gasteiger partial charge in [0.15, 0.2) is 4.77 Å². The van der Waals surface area contributed by atoms with Crippen LogP contribution in [0.4, 0.5) is 0 Å². The van der Waals surface area contributed by atoms with E-state index >= 15 is 0 Å². The second-order valence-corrected chi connectivity index (χ2v) is 4.08. The predicted octanol–water partition coefficient (Wildman–Crippen LogP) is 1.52. The minimum atomic E-state index is 0.606. The molecule has 0 spiro atoms. The van der Waals surface area contributed by atoms with E-state index in [-0.39, 0.29) is 0 Å². The maximum absolute atomic E-state index is 5.56. The van der Waals surface area contributed by atoms with Gasteiger partial charge in [0.1, 0.15) is 0 Å². The third-order valence-corrected chi connectivity index (χ3v) is 2.88. The molecule has 0 bridgehead atoms. The third kappa shape index (κ3) is 1.86. The van der Waals surface area contributed by atoms with Crippen molar-refractivity contribution in [2.75, 3.05) is 6.54 Å². The Balaban J connectivity index is 2.47. The van der Waals surface area contributed by atoms with Crippen molar-refractivity contribution in [1.29, 1.82) is 0 Å². The molecule has 0 amide bonds. The van der Waals surface area contributed by atoms with Gasteiger partial charge in [-0.2, -0.15) is 0 Å². The van der Waals surface area contributed by atoms with Gasteiger partial charge in [-0.05, 0) is 50.0 Å². The summed E-state index contributed by atoms with van der Waals surface area (Å²) in [4.78, 5) is 7.54. The minimum Gasteiger partial charge on any atom is -0.334 e. The molecule has 3 N–H and O–H groups in total. The van der Waals surface area contributed by atoms with Crippen LogP contribution in [0, 0.1) is 4.77 Å². The summed E-state index contributed by atoms with van der Waals surface area (Å²) in [7, 11) is 0. The van der Waals surface area contributed by atoms with Crippen LogP contribution in [0.3, 0.4) is 0 Å². The standard InChI is InChI=1S/C10H15N3S/c11-6-5-9-7-3-1-2-4-8(7)12-10(14)13-9/h1-6,11H2,(H,12,13,14). The zero-order valence-electron chi connectivity index (χ0n) is 8.18. The van der Waals surface area contributed by atoms with Crippen molar-refractivity contribution in [2.24, 2.45) is 5.73 Å². The van der Waals surface area contributed by atoms with Gasteiger partial charge in [-0.15, -0.1) is 0 Å². The molecule has 1 aliphatic carbocycles. The first-order valence-corrected chi connectivity index (χ1v) is 5.53. The lowest BCUT2D eigenvalue weighted by Gasteiger charge is -2.17. The Kier molecular flexibility index (Phi) is 2.93. The van der Waals surface area contributed by atoms with Crippen molar-refractivity contribution in [3.63, 3.8) is 0 Å². The number of nitrogens with one attached hydrogen (secondary N) is 1. The number of hydrogen-bond acceptors (Lipinski definition) is 3. The molecule has 1 aromatic heterocycles. The monoisotopic (exact) mass is 209 g/mol.